The molecule has 1 heterocycles. The standard InChI is InChI=1S/C8H10F8N2S/c9-5(19-18-3-1-17-2-4-18)6(10,11)7(12,13)8(14,15)16/h5,17H,1-4H2. The molecule has 114 valence electrons. The van der Waals surface area contributed by atoms with Crippen molar-refractivity contribution < 1.29 is 35.1 Å². The Hall–Kier alpha value is -0.290. The number of piperazine rings is 1. The van der Waals surface area contributed by atoms with Crippen LogP contribution in [0.4, 0.5) is 35.1 Å². The topological polar surface area (TPSA) is 15.3 Å². The second kappa shape index (κ2) is 5.60. The molecule has 1 aliphatic heterocycles. The van der Waals surface area contributed by atoms with Gasteiger partial charge in [0.25, 0.3) is 0 Å². The summed E-state index contributed by atoms with van der Waals surface area (Å²) in [7, 11) is 0. The van der Waals surface area contributed by atoms with Crippen LogP contribution in [0.15, 0.2) is 0 Å². The molecule has 0 saturated carbocycles. The molecular weight excluding hydrogens is 308 g/mol. The third-order valence-corrected chi connectivity index (χ3v) is 3.52. The third-order valence-electron chi connectivity index (χ3n) is 2.38. The number of rotatable bonds is 4. The molecule has 0 aliphatic carbocycles. The lowest BCUT2D eigenvalue weighted by atomic mass is 10.2. The van der Waals surface area contributed by atoms with Gasteiger partial charge in [-0.2, -0.15) is 30.7 Å². The van der Waals surface area contributed by atoms with Crippen molar-refractivity contribution in [3.05, 3.63) is 0 Å². The summed E-state index contributed by atoms with van der Waals surface area (Å²) in [6.45, 7) is 0.749. The Labute approximate surface area is 107 Å². The number of alkyl halides is 8. The lowest BCUT2D eigenvalue weighted by Crippen LogP contribution is -2.56. The molecular formula is C8H10F8N2S. The summed E-state index contributed by atoms with van der Waals surface area (Å²) < 4.78 is 101. The maximum atomic E-state index is 13.2. The molecule has 19 heavy (non-hydrogen) atoms. The fourth-order valence-electron chi connectivity index (χ4n) is 1.28. The molecule has 0 aromatic carbocycles. The highest BCUT2D eigenvalue weighted by atomic mass is 32.2. The molecule has 0 amide bonds. The summed E-state index contributed by atoms with van der Waals surface area (Å²) in [5, 5.41) is 2.79. The molecule has 1 aliphatic rings. The maximum absolute atomic E-state index is 13.2. The summed E-state index contributed by atoms with van der Waals surface area (Å²) in [6.07, 6.45) is -6.51. The van der Waals surface area contributed by atoms with E-state index >= 15 is 0 Å². The summed E-state index contributed by atoms with van der Waals surface area (Å²) in [4.78, 5) is 0. The van der Waals surface area contributed by atoms with Crippen LogP contribution in [0.2, 0.25) is 0 Å². The number of nitrogens with zero attached hydrogens (tertiary/aromatic N) is 1. The lowest BCUT2D eigenvalue weighted by Gasteiger charge is -2.33. The average molecular weight is 318 g/mol. The first-order valence-electron chi connectivity index (χ1n) is 5.09. The van der Waals surface area contributed by atoms with E-state index in [-0.39, 0.29) is 25.0 Å². The number of hydrogen-bond donors (Lipinski definition) is 1. The molecule has 1 saturated heterocycles. The van der Waals surface area contributed by atoms with Crippen molar-refractivity contribution in [3.63, 3.8) is 0 Å². The van der Waals surface area contributed by atoms with E-state index in [1.54, 1.807) is 0 Å². The van der Waals surface area contributed by atoms with Gasteiger partial charge in [-0.25, -0.2) is 8.70 Å². The molecule has 1 atom stereocenters. The normalized spacial score (nSPS) is 21.5. The van der Waals surface area contributed by atoms with E-state index in [9.17, 15) is 35.1 Å². The van der Waals surface area contributed by atoms with Gasteiger partial charge in [-0.15, -0.1) is 0 Å². The van der Waals surface area contributed by atoms with Crippen LogP contribution in [-0.4, -0.2) is 54.0 Å². The second-order valence-electron chi connectivity index (χ2n) is 3.80. The summed E-state index contributed by atoms with van der Waals surface area (Å²) in [5.74, 6) is -12.2. The van der Waals surface area contributed by atoms with Crippen LogP contribution < -0.4 is 5.32 Å². The van der Waals surface area contributed by atoms with Crippen molar-refractivity contribution in [1.29, 1.82) is 0 Å². The van der Waals surface area contributed by atoms with Crippen LogP contribution in [0.3, 0.4) is 0 Å². The smallest absolute Gasteiger partial charge is 0.314 e. The van der Waals surface area contributed by atoms with E-state index in [1.165, 1.54) is 0 Å². The van der Waals surface area contributed by atoms with Crippen LogP contribution in [-0.2, 0) is 0 Å². The molecule has 2 nitrogen and oxygen atoms in total. The minimum absolute atomic E-state index is 0.0682. The predicted octanol–water partition coefficient (Wildman–Crippen LogP) is 2.67. The Morgan fingerprint density at radius 1 is 0.947 bits per heavy atom. The highest BCUT2D eigenvalue weighted by Crippen LogP contribution is 2.51. The molecule has 0 radical (unpaired) electrons. The van der Waals surface area contributed by atoms with Gasteiger partial charge >= 0.3 is 18.0 Å². The fourth-order valence-corrected chi connectivity index (χ4v) is 2.21. The minimum Gasteiger partial charge on any atom is -0.314 e. The van der Waals surface area contributed by atoms with E-state index < -0.39 is 23.5 Å². The Bertz CT molecular complexity index is 302. The van der Waals surface area contributed by atoms with E-state index in [1.807, 2.05) is 0 Å². The maximum Gasteiger partial charge on any atom is 0.460 e. The number of hydrogen-bond acceptors (Lipinski definition) is 3. The Morgan fingerprint density at radius 2 is 1.42 bits per heavy atom. The summed E-state index contributed by atoms with van der Waals surface area (Å²) >= 11 is -0.333. The highest BCUT2D eigenvalue weighted by Gasteiger charge is 2.76. The zero-order valence-electron chi connectivity index (χ0n) is 9.28. The molecule has 1 unspecified atom stereocenters. The van der Waals surface area contributed by atoms with Gasteiger partial charge in [0.15, 0.2) is 0 Å². The first kappa shape index (κ1) is 16.8. The van der Waals surface area contributed by atoms with Crippen molar-refractivity contribution >= 4 is 11.9 Å². The molecule has 0 aromatic heterocycles. The van der Waals surface area contributed by atoms with Gasteiger partial charge in [0.1, 0.15) is 0 Å². The fraction of sp³-hybridized carbons (Fsp3) is 1.00. The zero-order chi connectivity index (χ0) is 14.9. The summed E-state index contributed by atoms with van der Waals surface area (Å²) in [5.41, 5.74) is -3.68. The number of halogens is 8. The zero-order valence-corrected chi connectivity index (χ0v) is 10.1. The van der Waals surface area contributed by atoms with Crippen LogP contribution in [0, 0.1) is 0 Å². The molecule has 11 heteroatoms. The highest BCUT2D eigenvalue weighted by molar-refractivity contribution is 7.97. The Morgan fingerprint density at radius 3 is 1.84 bits per heavy atom. The molecule has 0 spiro atoms. The van der Waals surface area contributed by atoms with Crippen molar-refractivity contribution in [3.8, 4) is 0 Å². The monoisotopic (exact) mass is 318 g/mol. The first-order chi connectivity index (χ1) is 8.50. The summed E-state index contributed by atoms with van der Waals surface area (Å²) in [6, 6.07) is 0. The van der Waals surface area contributed by atoms with Crippen molar-refractivity contribution in [2.24, 2.45) is 0 Å². The van der Waals surface area contributed by atoms with E-state index in [4.69, 9.17) is 0 Å². The van der Waals surface area contributed by atoms with Crippen LogP contribution in [0.1, 0.15) is 0 Å². The molecule has 1 fully saturated rings. The quantitative estimate of drug-likeness (QED) is 0.634. The van der Waals surface area contributed by atoms with Crippen LogP contribution >= 0.6 is 11.9 Å². The first-order valence-corrected chi connectivity index (χ1v) is 5.92. The largest absolute Gasteiger partial charge is 0.460 e. The van der Waals surface area contributed by atoms with Crippen molar-refractivity contribution in [2.75, 3.05) is 26.2 Å². The van der Waals surface area contributed by atoms with E-state index in [2.05, 4.69) is 5.32 Å². The van der Waals surface area contributed by atoms with Gasteiger partial charge in [0.05, 0.1) is 0 Å². The molecule has 0 bridgehead atoms. The van der Waals surface area contributed by atoms with Gasteiger partial charge in [-0.3, -0.25) is 0 Å². The van der Waals surface area contributed by atoms with Crippen LogP contribution in [0.25, 0.3) is 0 Å². The SMILES string of the molecule is FC(SN1CCNCC1)C(F)(F)C(F)(F)C(F)(F)F. The van der Waals surface area contributed by atoms with Gasteiger partial charge in [-0.1, -0.05) is 0 Å². The van der Waals surface area contributed by atoms with Crippen molar-refractivity contribution in [1.82, 2.24) is 9.62 Å². The third kappa shape index (κ3) is 3.43. The molecule has 1 rings (SSSR count). The Kier molecular flexibility index (Phi) is 4.94. The van der Waals surface area contributed by atoms with E-state index in [0.717, 1.165) is 4.31 Å². The average Bonchev–Trinajstić information content (AvgIpc) is 2.28. The van der Waals surface area contributed by atoms with Gasteiger partial charge in [0, 0.05) is 26.2 Å². The van der Waals surface area contributed by atoms with Crippen LogP contribution in [0.5, 0.6) is 0 Å². The molecule has 1 N–H and O–H groups in total. The molecule has 0 aromatic rings. The Balaban J connectivity index is 2.75. The van der Waals surface area contributed by atoms with Gasteiger partial charge < -0.3 is 5.32 Å². The van der Waals surface area contributed by atoms with Gasteiger partial charge in [0.2, 0.25) is 5.50 Å². The van der Waals surface area contributed by atoms with Gasteiger partial charge in [-0.05, 0) is 11.9 Å². The second-order valence-corrected chi connectivity index (χ2v) is 4.94. The minimum atomic E-state index is -6.51. The lowest BCUT2D eigenvalue weighted by molar-refractivity contribution is -0.359. The van der Waals surface area contributed by atoms with E-state index in [0.29, 0.717) is 13.1 Å². The number of nitrogens with one attached hydrogen (secondary N) is 1. The van der Waals surface area contributed by atoms with Crippen molar-refractivity contribution in [2.45, 2.75) is 23.5 Å². The predicted molar refractivity (Wildman–Crippen MR) is 52.9 cm³/mol.